The van der Waals surface area contributed by atoms with Crippen molar-refractivity contribution in [2.45, 2.75) is 43.9 Å². The Hall–Kier alpha value is 0.517. The monoisotopic (exact) mass is 149 g/mol. The van der Waals surface area contributed by atoms with Gasteiger partial charge in [-0.1, -0.05) is 0 Å². The van der Waals surface area contributed by atoms with E-state index < -0.39 is 0 Å². The summed E-state index contributed by atoms with van der Waals surface area (Å²) in [6, 6.07) is 1.38. The molecule has 2 atom stereocenters. The van der Waals surface area contributed by atoms with Gasteiger partial charge in [-0.25, -0.2) is 0 Å². The van der Waals surface area contributed by atoms with Crippen molar-refractivity contribution in [3.05, 3.63) is 0 Å². The van der Waals surface area contributed by atoms with E-state index in [0.29, 0.717) is 12.1 Å². The quantitative estimate of drug-likeness (QED) is 0.488. The van der Waals surface area contributed by atoms with Gasteiger partial charge in [0.1, 0.15) is 0 Å². The van der Waals surface area contributed by atoms with E-state index in [1.807, 2.05) is 0 Å². The Kier molecular flexibility index (Phi) is 3.05. The second kappa shape index (κ2) is 3.49. The molecule has 0 aromatic rings. The Bertz CT molecular complexity index is 128. The molecule has 0 aromatic heterocycles. The van der Waals surface area contributed by atoms with E-state index in [1.165, 1.54) is 12.8 Å². The van der Waals surface area contributed by atoms with E-state index in [-0.39, 0.29) is 25.0 Å². The van der Waals surface area contributed by atoms with Crippen LogP contribution in [-0.2, 0) is 0 Å². The zero-order chi connectivity index (χ0) is 7.14. The zero-order valence-electron chi connectivity index (χ0n) is 6.45. The van der Waals surface area contributed by atoms with Crippen LogP contribution in [0.4, 0.5) is 0 Å². The van der Waals surface area contributed by atoms with Crippen molar-refractivity contribution in [2.24, 2.45) is 0 Å². The zero-order valence-corrected chi connectivity index (χ0v) is 6.45. The molecule has 2 heterocycles. The molecule has 0 spiro atoms. The fourth-order valence-electron chi connectivity index (χ4n) is 2.38. The van der Waals surface area contributed by atoms with Crippen LogP contribution in [0.25, 0.3) is 0 Å². The second-order valence-corrected chi connectivity index (χ2v) is 3.68. The first-order valence-corrected chi connectivity index (χ1v) is 4.17. The van der Waals surface area contributed by atoms with Crippen molar-refractivity contribution in [1.29, 1.82) is 0 Å². The van der Waals surface area contributed by atoms with Crippen LogP contribution in [0.3, 0.4) is 0 Å². The van der Waals surface area contributed by atoms with Crippen LogP contribution < -0.4 is 0 Å². The van der Waals surface area contributed by atoms with Crippen LogP contribution in [0, 0.1) is 0 Å². The SMILES string of the molecule is CN1C2CCC1CC(O)C2.[LiH]. The number of aliphatic hydroxyl groups excluding tert-OH is 1. The number of hydrogen-bond donors (Lipinski definition) is 1. The van der Waals surface area contributed by atoms with E-state index >= 15 is 0 Å². The second-order valence-electron chi connectivity index (χ2n) is 3.68. The summed E-state index contributed by atoms with van der Waals surface area (Å²) < 4.78 is 0. The van der Waals surface area contributed by atoms with Crippen molar-refractivity contribution in [2.75, 3.05) is 7.05 Å². The number of rotatable bonds is 0. The molecular weight excluding hydrogens is 133 g/mol. The maximum atomic E-state index is 9.38. The predicted octanol–water partition coefficient (Wildman–Crippen LogP) is -0.0446. The van der Waals surface area contributed by atoms with Gasteiger partial charge in [0.15, 0.2) is 0 Å². The van der Waals surface area contributed by atoms with Gasteiger partial charge in [-0.15, -0.1) is 0 Å². The molecule has 2 nitrogen and oxygen atoms in total. The topological polar surface area (TPSA) is 23.5 Å². The summed E-state index contributed by atoms with van der Waals surface area (Å²) in [6.45, 7) is 0. The van der Waals surface area contributed by atoms with Crippen LogP contribution in [0.1, 0.15) is 25.7 Å². The molecule has 0 aliphatic carbocycles. The Morgan fingerprint density at radius 3 is 2.09 bits per heavy atom. The fraction of sp³-hybridized carbons (Fsp3) is 1.00. The number of piperidine rings is 1. The summed E-state index contributed by atoms with van der Waals surface area (Å²) in [5.41, 5.74) is 0. The Morgan fingerprint density at radius 2 is 1.64 bits per heavy atom. The Balaban J connectivity index is 0.000000605. The molecule has 0 aromatic carbocycles. The average Bonchev–Trinajstić information content (AvgIpc) is 2.20. The van der Waals surface area contributed by atoms with Crippen molar-refractivity contribution in [1.82, 2.24) is 4.90 Å². The molecule has 2 fully saturated rings. The van der Waals surface area contributed by atoms with Crippen LogP contribution in [0.5, 0.6) is 0 Å². The molecule has 60 valence electrons. The number of aliphatic hydroxyl groups is 1. The van der Waals surface area contributed by atoms with Gasteiger partial charge in [0.2, 0.25) is 0 Å². The summed E-state index contributed by atoms with van der Waals surface area (Å²) in [5, 5.41) is 9.38. The van der Waals surface area contributed by atoms with Crippen molar-refractivity contribution in [3.8, 4) is 0 Å². The first kappa shape index (κ1) is 9.60. The van der Waals surface area contributed by atoms with Gasteiger partial charge in [-0.2, -0.15) is 0 Å². The molecule has 2 aliphatic rings. The summed E-state index contributed by atoms with van der Waals surface area (Å²) in [7, 11) is 2.19. The predicted molar refractivity (Wildman–Crippen MR) is 47.0 cm³/mol. The first-order chi connectivity index (χ1) is 4.77. The molecule has 3 heteroatoms. The van der Waals surface area contributed by atoms with Crippen LogP contribution in [-0.4, -0.2) is 54.1 Å². The fourth-order valence-corrected chi connectivity index (χ4v) is 2.38. The first-order valence-electron chi connectivity index (χ1n) is 4.17. The van der Waals surface area contributed by atoms with Gasteiger partial charge < -0.3 is 10.0 Å². The molecular formula is C8H16LiNO. The van der Waals surface area contributed by atoms with E-state index in [9.17, 15) is 5.11 Å². The van der Waals surface area contributed by atoms with Gasteiger partial charge in [-0.05, 0) is 32.7 Å². The summed E-state index contributed by atoms with van der Waals surface area (Å²) in [6.07, 6.45) is 4.62. The van der Waals surface area contributed by atoms with Gasteiger partial charge >= 0.3 is 18.9 Å². The van der Waals surface area contributed by atoms with E-state index in [1.54, 1.807) is 0 Å². The molecule has 11 heavy (non-hydrogen) atoms. The average molecular weight is 149 g/mol. The maximum absolute atomic E-state index is 9.38. The molecule has 2 unspecified atom stereocenters. The van der Waals surface area contributed by atoms with Crippen molar-refractivity contribution in [3.63, 3.8) is 0 Å². The van der Waals surface area contributed by atoms with Crippen molar-refractivity contribution >= 4 is 18.9 Å². The van der Waals surface area contributed by atoms with Gasteiger partial charge in [0, 0.05) is 12.1 Å². The third-order valence-electron chi connectivity index (χ3n) is 3.07. The molecule has 0 saturated carbocycles. The van der Waals surface area contributed by atoms with Crippen molar-refractivity contribution < 1.29 is 5.11 Å². The molecule has 0 amide bonds. The van der Waals surface area contributed by atoms with E-state index in [0.717, 1.165) is 12.8 Å². The van der Waals surface area contributed by atoms with Crippen LogP contribution in [0.2, 0.25) is 0 Å². The van der Waals surface area contributed by atoms with Gasteiger partial charge in [0.05, 0.1) is 6.10 Å². The summed E-state index contributed by atoms with van der Waals surface area (Å²) >= 11 is 0. The Morgan fingerprint density at radius 1 is 1.18 bits per heavy atom. The summed E-state index contributed by atoms with van der Waals surface area (Å²) in [4.78, 5) is 2.44. The van der Waals surface area contributed by atoms with Gasteiger partial charge in [0.25, 0.3) is 0 Å². The Labute approximate surface area is 80.1 Å². The normalized spacial score (nSPS) is 43.6. The molecule has 2 rings (SSSR count). The standard InChI is InChI=1S/C8H15NO.Li.H/c1-9-6-2-3-7(9)5-8(10)4-6;;/h6-8,10H,2-5H2,1H3;;. The van der Waals surface area contributed by atoms with E-state index in [2.05, 4.69) is 11.9 Å². The molecule has 1 N–H and O–H groups in total. The minimum absolute atomic E-state index is 0. The van der Waals surface area contributed by atoms with Crippen LogP contribution in [0.15, 0.2) is 0 Å². The molecule has 2 saturated heterocycles. The molecule has 2 aliphatic heterocycles. The minimum atomic E-state index is -0.00583. The third kappa shape index (κ3) is 1.65. The molecule has 2 bridgehead atoms. The summed E-state index contributed by atoms with van der Waals surface area (Å²) in [5.74, 6) is 0. The molecule has 0 radical (unpaired) electrons. The van der Waals surface area contributed by atoms with Crippen LogP contribution >= 0.6 is 0 Å². The number of nitrogens with zero attached hydrogens (tertiary/aromatic N) is 1. The number of fused-ring (bicyclic) bond motifs is 2. The van der Waals surface area contributed by atoms with Gasteiger partial charge in [-0.3, -0.25) is 0 Å². The number of hydrogen-bond acceptors (Lipinski definition) is 2. The third-order valence-corrected chi connectivity index (χ3v) is 3.07. The van der Waals surface area contributed by atoms with E-state index in [4.69, 9.17) is 0 Å².